The Hall–Kier alpha value is -1.96. The van der Waals surface area contributed by atoms with E-state index in [-0.39, 0.29) is 11.5 Å². The summed E-state index contributed by atoms with van der Waals surface area (Å²) in [6, 6.07) is 7.76. The Labute approximate surface area is 108 Å². The van der Waals surface area contributed by atoms with Crippen LogP contribution in [-0.2, 0) is 0 Å². The maximum Gasteiger partial charge on any atom is 0.161 e. The van der Waals surface area contributed by atoms with Crippen LogP contribution in [-0.4, -0.2) is 10.2 Å². The predicted molar refractivity (Wildman–Crippen MR) is 74.2 cm³/mol. The molecule has 0 aromatic heterocycles. The fourth-order valence-corrected chi connectivity index (χ4v) is 2.55. The minimum atomic E-state index is -0.0556. The van der Waals surface area contributed by atoms with E-state index in [1.807, 2.05) is 19.9 Å². The second kappa shape index (κ2) is 4.37. The van der Waals surface area contributed by atoms with Crippen LogP contribution in [0, 0.1) is 27.7 Å². The summed E-state index contributed by atoms with van der Waals surface area (Å²) in [5.74, 6) is -0.0850. The van der Waals surface area contributed by atoms with E-state index in [1.54, 1.807) is 6.07 Å². The van der Waals surface area contributed by atoms with E-state index in [0.29, 0.717) is 0 Å². The molecule has 0 amide bonds. The van der Waals surface area contributed by atoms with Crippen molar-refractivity contribution in [3.63, 3.8) is 0 Å². The summed E-state index contributed by atoms with van der Waals surface area (Å²) < 4.78 is 0. The molecule has 0 aliphatic carbocycles. The van der Waals surface area contributed by atoms with Crippen molar-refractivity contribution in [3.05, 3.63) is 46.5 Å². The van der Waals surface area contributed by atoms with Crippen molar-refractivity contribution >= 4 is 0 Å². The molecule has 0 saturated carbocycles. The largest absolute Gasteiger partial charge is 0.504 e. The second-order valence-corrected chi connectivity index (χ2v) is 4.83. The van der Waals surface area contributed by atoms with Gasteiger partial charge in [0.25, 0.3) is 0 Å². The number of hydrogen-bond acceptors (Lipinski definition) is 2. The molecule has 18 heavy (non-hydrogen) atoms. The molecular weight excluding hydrogens is 224 g/mol. The van der Waals surface area contributed by atoms with E-state index in [4.69, 9.17) is 0 Å². The van der Waals surface area contributed by atoms with E-state index in [2.05, 4.69) is 26.0 Å². The zero-order valence-electron chi connectivity index (χ0n) is 11.2. The Bertz CT molecular complexity index is 593. The Morgan fingerprint density at radius 3 is 1.89 bits per heavy atom. The number of aromatic hydroxyl groups is 2. The first kappa shape index (κ1) is 12.5. The first-order valence-electron chi connectivity index (χ1n) is 6.02. The van der Waals surface area contributed by atoms with Crippen LogP contribution in [0.3, 0.4) is 0 Å². The summed E-state index contributed by atoms with van der Waals surface area (Å²) in [6.07, 6.45) is 0. The molecule has 0 bridgehead atoms. The van der Waals surface area contributed by atoms with Gasteiger partial charge in [-0.3, -0.25) is 0 Å². The molecule has 2 aromatic rings. The van der Waals surface area contributed by atoms with Crippen LogP contribution in [0.25, 0.3) is 11.1 Å². The Morgan fingerprint density at radius 1 is 0.778 bits per heavy atom. The van der Waals surface area contributed by atoms with E-state index < -0.39 is 0 Å². The van der Waals surface area contributed by atoms with E-state index in [1.165, 1.54) is 11.1 Å². The summed E-state index contributed by atoms with van der Waals surface area (Å²) in [4.78, 5) is 0. The SMILES string of the molecule is Cc1cccc(C)c1-c1c(C)cc(O)c(O)c1C. The number of aryl methyl sites for hydroxylation is 3. The second-order valence-electron chi connectivity index (χ2n) is 4.83. The molecule has 0 saturated heterocycles. The quantitative estimate of drug-likeness (QED) is 0.742. The Kier molecular flexibility index (Phi) is 3.04. The lowest BCUT2D eigenvalue weighted by Crippen LogP contribution is -1.94. The van der Waals surface area contributed by atoms with E-state index in [9.17, 15) is 10.2 Å². The van der Waals surface area contributed by atoms with Crippen LogP contribution in [0.4, 0.5) is 0 Å². The molecule has 0 fully saturated rings. The van der Waals surface area contributed by atoms with E-state index >= 15 is 0 Å². The average Bonchev–Trinajstić information content (AvgIpc) is 2.30. The monoisotopic (exact) mass is 242 g/mol. The van der Waals surface area contributed by atoms with Crippen molar-refractivity contribution in [3.8, 4) is 22.6 Å². The molecule has 0 radical (unpaired) electrons. The first-order valence-corrected chi connectivity index (χ1v) is 6.02. The molecule has 0 unspecified atom stereocenters. The van der Waals surface area contributed by atoms with Crippen LogP contribution in [0.1, 0.15) is 22.3 Å². The fourth-order valence-electron chi connectivity index (χ4n) is 2.55. The van der Waals surface area contributed by atoms with Crippen molar-refractivity contribution in [2.24, 2.45) is 0 Å². The van der Waals surface area contributed by atoms with Crippen LogP contribution < -0.4 is 0 Å². The Morgan fingerprint density at radius 2 is 1.33 bits per heavy atom. The zero-order chi connectivity index (χ0) is 13.4. The molecule has 0 aliphatic rings. The van der Waals surface area contributed by atoms with Crippen molar-refractivity contribution in [1.82, 2.24) is 0 Å². The molecule has 2 nitrogen and oxygen atoms in total. The number of phenols is 2. The Balaban J connectivity index is 2.84. The van der Waals surface area contributed by atoms with Gasteiger partial charge in [0.05, 0.1) is 0 Å². The summed E-state index contributed by atoms with van der Waals surface area (Å²) in [7, 11) is 0. The van der Waals surface area contributed by atoms with Crippen LogP contribution in [0.15, 0.2) is 24.3 Å². The highest BCUT2D eigenvalue weighted by Crippen LogP contribution is 2.40. The summed E-state index contributed by atoms with van der Waals surface area (Å²) in [5.41, 5.74) is 6.20. The maximum absolute atomic E-state index is 9.90. The molecule has 2 N–H and O–H groups in total. The molecular formula is C16H18O2. The topological polar surface area (TPSA) is 40.5 Å². The van der Waals surface area contributed by atoms with Crippen molar-refractivity contribution in [2.75, 3.05) is 0 Å². The van der Waals surface area contributed by atoms with Gasteiger partial charge in [-0.1, -0.05) is 18.2 Å². The van der Waals surface area contributed by atoms with Gasteiger partial charge in [-0.2, -0.15) is 0 Å². The molecule has 0 heterocycles. The lowest BCUT2D eigenvalue weighted by Gasteiger charge is -2.17. The summed E-state index contributed by atoms with van der Waals surface area (Å²) >= 11 is 0. The molecule has 0 spiro atoms. The molecule has 2 heteroatoms. The predicted octanol–water partition coefficient (Wildman–Crippen LogP) is 4.00. The normalized spacial score (nSPS) is 10.7. The first-order chi connectivity index (χ1) is 8.43. The van der Waals surface area contributed by atoms with Crippen molar-refractivity contribution in [2.45, 2.75) is 27.7 Å². The lowest BCUT2D eigenvalue weighted by atomic mass is 9.89. The van der Waals surface area contributed by atoms with Crippen LogP contribution >= 0.6 is 0 Å². The minimum Gasteiger partial charge on any atom is -0.504 e. The third-order valence-electron chi connectivity index (χ3n) is 3.45. The molecule has 2 rings (SSSR count). The standard InChI is InChI=1S/C16H18O2/c1-9-6-5-7-10(2)14(9)15-11(3)8-13(17)16(18)12(15)4/h5-8,17-18H,1-4H3. The number of phenolic OH excluding ortho intramolecular Hbond substituents is 2. The van der Waals surface area contributed by atoms with Crippen molar-refractivity contribution in [1.29, 1.82) is 0 Å². The van der Waals surface area contributed by atoms with Crippen LogP contribution in [0.5, 0.6) is 11.5 Å². The summed E-state index contributed by atoms with van der Waals surface area (Å²) in [6.45, 7) is 7.91. The van der Waals surface area contributed by atoms with Crippen LogP contribution in [0.2, 0.25) is 0 Å². The van der Waals surface area contributed by atoms with Gasteiger partial charge < -0.3 is 10.2 Å². The van der Waals surface area contributed by atoms with E-state index in [0.717, 1.165) is 22.3 Å². The third kappa shape index (κ3) is 1.84. The number of benzene rings is 2. The van der Waals surface area contributed by atoms with Gasteiger partial charge in [0, 0.05) is 5.56 Å². The average molecular weight is 242 g/mol. The summed E-state index contributed by atoms with van der Waals surface area (Å²) in [5, 5.41) is 19.5. The molecule has 0 atom stereocenters. The molecule has 94 valence electrons. The highest BCUT2D eigenvalue weighted by molar-refractivity contribution is 5.79. The maximum atomic E-state index is 9.90. The van der Waals surface area contributed by atoms with Gasteiger partial charge in [0.2, 0.25) is 0 Å². The van der Waals surface area contributed by atoms with Crippen molar-refractivity contribution < 1.29 is 10.2 Å². The third-order valence-corrected chi connectivity index (χ3v) is 3.45. The highest BCUT2D eigenvalue weighted by Gasteiger charge is 2.16. The van der Waals surface area contributed by atoms with Gasteiger partial charge in [0.1, 0.15) is 0 Å². The van der Waals surface area contributed by atoms with Gasteiger partial charge in [0.15, 0.2) is 11.5 Å². The lowest BCUT2D eigenvalue weighted by molar-refractivity contribution is 0.401. The number of hydrogen-bond donors (Lipinski definition) is 2. The van der Waals surface area contributed by atoms with Gasteiger partial charge in [-0.25, -0.2) is 0 Å². The van der Waals surface area contributed by atoms with Gasteiger partial charge >= 0.3 is 0 Å². The zero-order valence-corrected chi connectivity index (χ0v) is 11.2. The minimum absolute atomic E-state index is 0.0294. The fraction of sp³-hybridized carbons (Fsp3) is 0.250. The highest BCUT2D eigenvalue weighted by atomic mass is 16.3. The smallest absolute Gasteiger partial charge is 0.161 e. The van der Waals surface area contributed by atoms with Gasteiger partial charge in [-0.05, 0) is 61.6 Å². The molecule has 0 aliphatic heterocycles. The molecule has 2 aromatic carbocycles. The number of rotatable bonds is 1. The van der Waals surface area contributed by atoms with Gasteiger partial charge in [-0.15, -0.1) is 0 Å².